The number of rotatable bonds is 4. The molecule has 2 amide bonds. The second-order valence-corrected chi connectivity index (χ2v) is 9.04. The molecule has 1 aliphatic heterocycles. The molecule has 1 atom stereocenters. The molecule has 0 spiro atoms. The van der Waals surface area contributed by atoms with Crippen LogP contribution in [-0.4, -0.2) is 57.2 Å². The largest absolute Gasteiger partial charge is 0.497 e. The van der Waals surface area contributed by atoms with Crippen molar-refractivity contribution in [2.75, 3.05) is 25.6 Å². The van der Waals surface area contributed by atoms with E-state index in [-0.39, 0.29) is 24.1 Å². The van der Waals surface area contributed by atoms with Crippen LogP contribution in [0.4, 0.5) is 5.82 Å². The van der Waals surface area contributed by atoms with Gasteiger partial charge < -0.3 is 19.9 Å². The van der Waals surface area contributed by atoms with E-state index in [0.29, 0.717) is 12.4 Å². The summed E-state index contributed by atoms with van der Waals surface area (Å²) >= 11 is 0.998. The fourth-order valence-corrected chi connectivity index (χ4v) is 3.96. The van der Waals surface area contributed by atoms with E-state index in [1.807, 2.05) is 57.0 Å². The molecule has 0 fully saturated rings. The predicted molar refractivity (Wildman–Crippen MR) is 112 cm³/mol. The normalized spacial score (nSPS) is 19.6. The molecule has 1 unspecified atom stereocenters. The summed E-state index contributed by atoms with van der Waals surface area (Å²) in [4.78, 5) is 30.2. The molecule has 2 heterocycles. The zero-order valence-electron chi connectivity index (χ0n) is 17.6. The van der Waals surface area contributed by atoms with Crippen LogP contribution in [0, 0.1) is 0 Å². The van der Waals surface area contributed by atoms with Crippen molar-refractivity contribution in [3.05, 3.63) is 35.5 Å². The Kier molecular flexibility index (Phi) is 5.53. The minimum atomic E-state index is -1.11. The first-order chi connectivity index (χ1) is 13.5. The Morgan fingerprint density at radius 3 is 2.52 bits per heavy atom. The van der Waals surface area contributed by atoms with Gasteiger partial charge in [-0.3, -0.25) is 9.59 Å². The number of likely N-dealkylation sites (N-methyl/N-ethyl adjacent to an activating group) is 1. The van der Waals surface area contributed by atoms with Crippen LogP contribution < -0.4 is 15.0 Å². The molecule has 1 aromatic carbocycles. The number of hydrogen-bond acceptors (Lipinski definition) is 7. The van der Waals surface area contributed by atoms with Gasteiger partial charge in [0.1, 0.15) is 11.3 Å². The number of ether oxygens (including phenoxy) is 1. The molecule has 1 N–H and O–H groups in total. The van der Waals surface area contributed by atoms with E-state index < -0.39 is 11.1 Å². The molecule has 8 nitrogen and oxygen atoms in total. The highest BCUT2D eigenvalue weighted by atomic mass is 32.1. The van der Waals surface area contributed by atoms with Crippen LogP contribution in [0.5, 0.6) is 5.75 Å². The molecule has 2 aromatic rings. The third kappa shape index (κ3) is 4.19. The maximum absolute atomic E-state index is 13.5. The SMILES string of the molecule is COc1ccc(CN2C(=O)c3nsnc3N(C)CC2(C)C(=O)NC(C)(C)C)cc1. The lowest BCUT2D eigenvalue weighted by Crippen LogP contribution is -2.64. The van der Waals surface area contributed by atoms with Crippen LogP contribution in [0.2, 0.25) is 0 Å². The molecule has 29 heavy (non-hydrogen) atoms. The lowest BCUT2D eigenvalue weighted by Gasteiger charge is -2.41. The van der Waals surface area contributed by atoms with Crippen LogP contribution in [0.25, 0.3) is 0 Å². The van der Waals surface area contributed by atoms with Crippen molar-refractivity contribution in [3.63, 3.8) is 0 Å². The van der Waals surface area contributed by atoms with Crippen molar-refractivity contribution in [3.8, 4) is 5.75 Å². The van der Waals surface area contributed by atoms with Gasteiger partial charge in [0.2, 0.25) is 5.91 Å². The number of amides is 2. The number of nitrogens with zero attached hydrogens (tertiary/aromatic N) is 4. The van der Waals surface area contributed by atoms with Gasteiger partial charge in [-0.2, -0.15) is 8.75 Å². The number of carbonyl (C=O) groups is 2. The van der Waals surface area contributed by atoms with Gasteiger partial charge in [-0.15, -0.1) is 0 Å². The zero-order valence-corrected chi connectivity index (χ0v) is 18.5. The number of carbonyl (C=O) groups excluding carboxylic acids is 2. The fraction of sp³-hybridized carbons (Fsp3) is 0.500. The smallest absolute Gasteiger partial charge is 0.278 e. The molecule has 9 heteroatoms. The highest BCUT2D eigenvalue weighted by molar-refractivity contribution is 6.99. The monoisotopic (exact) mass is 417 g/mol. The zero-order chi connectivity index (χ0) is 21.4. The van der Waals surface area contributed by atoms with Crippen molar-refractivity contribution in [2.45, 2.75) is 45.3 Å². The minimum absolute atomic E-state index is 0.215. The van der Waals surface area contributed by atoms with E-state index in [1.54, 1.807) is 18.9 Å². The first-order valence-corrected chi connectivity index (χ1v) is 10.1. The molecule has 3 rings (SSSR count). The number of aromatic nitrogens is 2. The summed E-state index contributed by atoms with van der Waals surface area (Å²) in [6.45, 7) is 8.12. The molecule has 1 aliphatic rings. The number of benzene rings is 1. The van der Waals surface area contributed by atoms with Crippen LogP contribution in [0.3, 0.4) is 0 Å². The number of nitrogens with one attached hydrogen (secondary N) is 1. The Balaban J connectivity index is 2.03. The quantitative estimate of drug-likeness (QED) is 0.821. The Labute approximate surface area is 175 Å². The average Bonchev–Trinajstić information content (AvgIpc) is 3.12. The van der Waals surface area contributed by atoms with Gasteiger partial charge in [-0.25, -0.2) is 0 Å². The molecule has 0 bridgehead atoms. The Bertz CT molecular complexity index is 906. The summed E-state index contributed by atoms with van der Waals surface area (Å²) in [5, 5.41) is 3.03. The topological polar surface area (TPSA) is 87.7 Å². The van der Waals surface area contributed by atoms with E-state index in [2.05, 4.69) is 14.1 Å². The predicted octanol–water partition coefficient (Wildman–Crippen LogP) is 2.31. The molecule has 0 saturated heterocycles. The van der Waals surface area contributed by atoms with Gasteiger partial charge in [0, 0.05) is 19.1 Å². The molecule has 156 valence electrons. The second-order valence-electron chi connectivity index (χ2n) is 8.51. The van der Waals surface area contributed by atoms with Crippen LogP contribution in [0.1, 0.15) is 43.7 Å². The van der Waals surface area contributed by atoms with Crippen LogP contribution in [0.15, 0.2) is 24.3 Å². The van der Waals surface area contributed by atoms with Crippen LogP contribution >= 0.6 is 11.7 Å². The van der Waals surface area contributed by atoms with Gasteiger partial charge in [0.05, 0.1) is 25.4 Å². The van der Waals surface area contributed by atoms with Crippen molar-refractivity contribution in [1.29, 1.82) is 0 Å². The van der Waals surface area contributed by atoms with Crippen molar-refractivity contribution >= 4 is 29.4 Å². The summed E-state index contributed by atoms with van der Waals surface area (Å²) in [5.74, 6) is 0.718. The Morgan fingerprint density at radius 2 is 1.93 bits per heavy atom. The number of hydrogen-bond donors (Lipinski definition) is 1. The van der Waals surface area contributed by atoms with E-state index in [4.69, 9.17) is 4.74 Å². The highest BCUT2D eigenvalue weighted by Gasteiger charge is 2.48. The fourth-order valence-electron chi connectivity index (χ4n) is 3.37. The molecule has 0 aliphatic carbocycles. The Hall–Kier alpha value is -2.68. The summed E-state index contributed by atoms with van der Waals surface area (Å²) in [6, 6.07) is 7.46. The molecule has 0 saturated carbocycles. The van der Waals surface area contributed by atoms with Gasteiger partial charge in [0.15, 0.2) is 11.5 Å². The lowest BCUT2D eigenvalue weighted by molar-refractivity contribution is -0.132. The second kappa shape index (κ2) is 7.62. The van der Waals surface area contributed by atoms with Gasteiger partial charge >= 0.3 is 0 Å². The van der Waals surface area contributed by atoms with Crippen molar-refractivity contribution in [2.24, 2.45) is 0 Å². The van der Waals surface area contributed by atoms with Crippen molar-refractivity contribution in [1.82, 2.24) is 19.0 Å². The summed E-state index contributed by atoms with van der Waals surface area (Å²) in [5.41, 5.74) is -0.374. The first kappa shape index (κ1) is 21.0. The maximum atomic E-state index is 13.5. The molecular formula is C20H27N5O3S. The van der Waals surface area contributed by atoms with Gasteiger partial charge in [0.25, 0.3) is 5.91 Å². The van der Waals surface area contributed by atoms with E-state index >= 15 is 0 Å². The summed E-state index contributed by atoms with van der Waals surface area (Å²) in [7, 11) is 3.43. The lowest BCUT2D eigenvalue weighted by atomic mass is 9.94. The van der Waals surface area contributed by atoms with Crippen LogP contribution in [-0.2, 0) is 11.3 Å². The highest BCUT2D eigenvalue weighted by Crippen LogP contribution is 2.32. The standard InChI is InChI=1S/C20H27N5O3S/c1-19(2,3)21-18(27)20(4)12-24(5)16-15(22-29-23-16)17(26)25(20)11-13-7-9-14(28-6)10-8-13/h7-10H,11-12H2,1-6H3,(H,21,27). The molecular weight excluding hydrogens is 390 g/mol. The average molecular weight is 418 g/mol. The summed E-state index contributed by atoms with van der Waals surface area (Å²) in [6.07, 6.45) is 0. The van der Waals surface area contributed by atoms with Gasteiger partial charge in [-0.1, -0.05) is 12.1 Å². The number of anilines is 1. The minimum Gasteiger partial charge on any atom is -0.497 e. The Morgan fingerprint density at radius 1 is 1.28 bits per heavy atom. The third-order valence-electron chi connectivity index (χ3n) is 4.90. The van der Waals surface area contributed by atoms with Gasteiger partial charge in [-0.05, 0) is 45.4 Å². The van der Waals surface area contributed by atoms with E-state index in [9.17, 15) is 9.59 Å². The maximum Gasteiger partial charge on any atom is 0.278 e. The number of fused-ring (bicyclic) bond motifs is 1. The molecule has 0 radical (unpaired) electrons. The van der Waals surface area contributed by atoms with E-state index in [0.717, 1.165) is 23.0 Å². The first-order valence-electron chi connectivity index (χ1n) is 9.36. The summed E-state index contributed by atoms with van der Waals surface area (Å²) < 4.78 is 13.7. The third-order valence-corrected chi connectivity index (χ3v) is 5.42. The molecule has 1 aromatic heterocycles. The number of methoxy groups -OCH3 is 1. The van der Waals surface area contributed by atoms with Crippen molar-refractivity contribution < 1.29 is 14.3 Å². The van der Waals surface area contributed by atoms with E-state index in [1.165, 1.54) is 0 Å².